The molecule has 0 aliphatic heterocycles. The number of hydrogen-bond acceptors (Lipinski definition) is 2. The molecule has 4 aromatic rings. The molecular weight excluding hydrogens is 452 g/mol. The summed E-state index contributed by atoms with van der Waals surface area (Å²) < 4.78 is 2.21. The minimum absolute atomic E-state index is 0.878. The van der Waals surface area contributed by atoms with Crippen LogP contribution in [0.15, 0.2) is 107 Å². The molecule has 0 radical (unpaired) electrons. The molecule has 0 bridgehead atoms. The molecule has 3 aromatic carbocycles. The average molecular weight is 473 g/mol. The normalized spacial score (nSPS) is 15.7. The largest absolute Gasteiger partial charge is 0.376 e. The molecule has 148 valence electrons. The van der Waals surface area contributed by atoms with Crippen LogP contribution in [0.1, 0.15) is 24.0 Å². The fourth-order valence-electron chi connectivity index (χ4n) is 4.18. The summed E-state index contributed by atoms with van der Waals surface area (Å²) in [4.78, 5) is 1.16. The van der Waals surface area contributed by atoms with Crippen molar-refractivity contribution in [2.75, 3.05) is 0 Å². The molecule has 1 unspecified atom stereocenters. The Morgan fingerprint density at radius 1 is 0.867 bits per heavy atom. The van der Waals surface area contributed by atoms with E-state index in [9.17, 15) is 5.11 Å². The highest BCUT2D eigenvalue weighted by molar-refractivity contribution is 9.10. The lowest BCUT2D eigenvalue weighted by Crippen LogP contribution is -2.30. The molecule has 1 N–H and O–H groups in total. The van der Waals surface area contributed by atoms with Gasteiger partial charge in [-0.3, -0.25) is 0 Å². The lowest BCUT2D eigenvalue weighted by molar-refractivity contribution is 0.125. The van der Waals surface area contributed by atoms with Gasteiger partial charge in [0.05, 0.1) is 0 Å². The Morgan fingerprint density at radius 2 is 1.67 bits per heavy atom. The van der Waals surface area contributed by atoms with Crippen LogP contribution in [0.2, 0.25) is 0 Å². The van der Waals surface area contributed by atoms with Crippen LogP contribution in [0.4, 0.5) is 0 Å². The first-order valence-corrected chi connectivity index (χ1v) is 11.7. The summed E-state index contributed by atoms with van der Waals surface area (Å²) in [7, 11) is 0. The number of aliphatic hydroxyl groups is 1. The molecule has 1 nitrogen and oxygen atoms in total. The van der Waals surface area contributed by atoms with Crippen molar-refractivity contribution in [3.63, 3.8) is 0 Å². The van der Waals surface area contributed by atoms with E-state index < -0.39 is 5.60 Å². The summed E-state index contributed by atoms with van der Waals surface area (Å²) in [6.45, 7) is 0. The molecule has 0 saturated carbocycles. The van der Waals surface area contributed by atoms with Crippen LogP contribution in [-0.4, -0.2) is 5.11 Å². The van der Waals surface area contributed by atoms with Crippen LogP contribution in [0.3, 0.4) is 0 Å². The van der Waals surface area contributed by atoms with Crippen LogP contribution in [0, 0.1) is 0 Å². The summed E-state index contributed by atoms with van der Waals surface area (Å²) in [6.07, 6.45) is 8.35. The predicted molar refractivity (Wildman–Crippen MR) is 131 cm³/mol. The van der Waals surface area contributed by atoms with Gasteiger partial charge in [-0.05, 0) is 59.2 Å². The molecule has 1 aromatic heterocycles. The van der Waals surface area contributed by atoms with E-state index in [1.54, 1.807) is 11.3 Å². The fraction of sp³-hybridized carbons (Fsp3) is 0.111. The molecule has 3 heteroatoms. The smallest absolute Gasteiger partial charge is 0.140 e. The molecule has 1 aliphatic rings. The maximum absolute atomic E-state index is 12.4. The van der Waals surface area contributed by atoms with Crippen molar-refractivity contribution in [2.45, 2.75) is 18.4 Å². The molecule has 1 aliphatic carbocycles. The van der Waals surface area contributed by atoms with Crippen molar-refractivity contribution in [2.24, 2.45) is 0 Å². The number of rotatable bonds is 4. The van der Waals surface area contributed by atoms with Gasteiger partial charge >= 0.3 is 0 Å². The number of hydrogen-bond donors (Lipinski definition) is 1. The zero-order chi connectivity index (χ0) is 20.6. The van der Waals surface area contributed by atoms with Crippen molar-refractivity contribution in [1.82, 2.24) is 0 Å². The van der Waals surface area contributed by atoms with Crippen LogP contribution >= 0.6 is 27.3 Å². The SMILES string of the molecule is OC(C1=CCCC=C1)(c1ccccc1)c1cc(Br)ccc1-c1cc2ccccc2s1. The van der Waals surface area contributed by atoms with Crippen molar-refractivity contribution >= 4 is 37.4 Å². The minimum Gasteiger partial charge on any atom is -0.376 e. The first kappa shape index (κ1) is 19.5. The highest BCUT2D eigenvalue weighted by Gasteiger charge is 2.37. The molecule has 0 spiro atoms. The molecule has 1 atom stereocenters. The maximum Gasteiger partial charge on any atom is 0.140 e. The number of allylic oxidation sites excluding steroid dienone is 2. The van der Waals surface area contributed by atoms with Crippen molar-refractivity contribution < 1.29 is 5.11 Å². The van der Waals surface area contributed by atoms with E-state index in [-0.39, 0.29) is 0 Å². The summed E-state index contributed by atoms with van der Waals surface area (Å²) in [5.41, 5.74) is 2.54. The van der Waals surface area contributed by atoms with Gasteiger partial charge in [-0.25, -0.2) is 0 Å². The van der Waals surface area contributed by atoms with Gasteiger partial charge in [-0.1, -0.05) is 88.8 Å². The van der Waals surface area contributed by atoms with Gasteiger partial charge in [0.1, 0.15) is 5.60 Å². The van der Waals surface area contributed by atoms with Crippen molar-refractivity contribution in [1.29, 1.82) is 0 Å². The third-order valence-corrected chi connectivity index (χ3v) is 7.31. The van der Waals surface area contributed by atoms with Crippen LogP contribution in [0.25, 0.3) is 20.5 Å². The molecule has 1 heterocycles. The van der Waals surface area contributed by atoms with E-state index in [4.69, 9.17) is 0 Å². The zero-order valence-electron chi connectivity index (χ0n) is 16.4. The third-order valence-electron chi connectivity index (χ3n) is 5.67. The predicted octanol–water partition coefficient (Wildman–Crippen LogP) is 7.84. The summed E-state index contributed by atoms with van der Waals surface area (Å²) >= 11 is 5.41. The zero-order valence-corrected chi connectivity index (χ0v) is 18.8. The van der Waals surface area contributed by atoms with Crippen molar-refractivity contribution in [3.8, 4) is 10.4 Å². The lowest BCUT2D eigenvalue weighted by atomic mass is 9.76. The third kappa shape index (κ3) is 3.37. The van der Waals surface area contributed by atoms with Gasteiger partial charge < -0.3 is 5.11 Å². The Balaban J connectivity index is 1.79. The van der Waals surface area contributed by atoms with E-state index >= 15 is 0 Å². The second-order valence-electron chi connectivity index (χ2n) is 7.55. The molecule has 0 amide bonds. The Bertz CT molecular complexity index is 1240. The molecule has 5 rings (SSSR count). The fourth-order valence-corrected chi connectivity index (χ4v) is 5.65. The van der Waals surface area contributed by atoms with Gasteiger partial charge in [0.25, 0.3) is 0 Å². The Labute approximate surface area is 189 Å². The number of halogens is 1. The molecule has 0 saturated heterocycles. The maximum atomic E-state index is 12.4. The average Bonchev–Trinajstić information content (AvgIpc) is 3.24. The monoisotopic (exact) mass is 472 g/mol. The van der Waals surface area contributed by atoms with E-state index in [0.717, 1.165) is 44.5 Å². The minimum atomic E-state index is -1.23. The lowest BCUT2D eigenvalue weighted by Gasteiger charge is -2.34. The van der Waals surface area contributed by atoms with E-state index in [1.807, 2.05) is 30.3 Å². The first-order chi connectivity index (χ1) is 14.7. The number of benzene rings is 3. The highest BCUT2D eigenvalue weighted by atomic mass is 79.9. The van der Waals surface area contributed by atoms with Gasteiger partial charge in [0.2, 0.25) is 0 Å². The van der Waals surface area contributed by atoms with Crippen LogP contribution in [0.5, 0.6) is 0 Å². The summed E-state index contributed by atoms with van der Waals surface area (Å²) in [6, 6.07) is 26.9. The van der Waals surface area contributed by atoms with E-state index in [0.29, 0.717) is 0 Å². The topological polar surface area (TPSA) is 20.2 Å². The quantitative estimate of drug-likeness (QED) is 0.320. The van der Waals surface area contributed by atoms with Crippen LogP contribution < -0.4 is 0 Å². The van der Waals surface area contributed by atoms with E-state index in [2.05, 4.69) is 82.7 Å². The Morgan fingerprint density at radius 3 is 2.43 bits per heavy atom. The second kappa shape index (κ2) is 7.99. The summed E-state index contributed by atoms with van der Waals surface area (Å²) in [5.74, 6) is 0. The summed E-state index contributed by atoms with van der Waals surface area (Å²) in [5, 5.41) is 13.6. The van der Waals surface area contributed by atoms with Gasteiger partial charge in [-0.15, -0.1) is 11.3 Å². The Hall–Kier alpha value is -2.46. The molecular formula is C27H21BrOS. The van der Waals surface area contributed by atoms with Gasteiger partial charge in [0, 0.05) is 19.6 Å². The van der Waals surface area contributed by atoms with Gasteiger partial charge in [0.15, 0.2) is 0 Å². The molecule has 30 heavy (non-hydrogen) atoms. The standard InChI is InChI=1S/C27H21BrOS/c28-22-15-16-23(26-17-19-9-7-8-14-25(19)30-26)24(18-22)27(29,20-10-3-1-4-11-20)21-12-5-2-6-13-21/h1,3-5,7-18,29H,2,6H2. The Kier molecular flexibility index (Phi) is 5.20. The van der Waals surface area contributed by atoms with E-state index in [1.165, 1.54) is 10.1 Å². The highest BCUT2D eigenvalue weighted by Crippen LogP contribution is 2.46. The van der Waals surface area contributed by atoms with Gasteiger partial charge in [-0.2, -0.15) is 0 Å². The number of thiophene rings is 1. The molecule has 0 fully saturated rings. The van der Waals surface area contributed by atoms with Crippen molar-refractivity contribution in [3.05, 3.63) is 118 Å². The second-order valence-corrected chi connectivity index (χ2v) is 9.55. The number of fused-ring (bicyclic) bond motifs is 1. The van der Waals surface area contributed by atoms with Crippen LogP contribution in [-0.2, 0) is 5.60 Å². The first-order valence-electron chi connectivity index (χ1n) is 10.1.